The summed E-state index contributed by atoms with van der Waals surface area (Å²) < 4.78 is 0. The Labute approximate surface area is 129 Å². The molecule has 0 unspecified atom stereocenters. The highest BCUT2D eigenvalue weighted by Gasteiger charge is 2.23. The average molecular weight is 297 g/mol. The Hall–Kier alpha value is -2.43. The van der Waals surface area contributed by atoms with Gasteiger partial charge in [-0.15, -0.1) is 0 Å². The average Bonchev–Trinajstić information content (AvgIpc) is 2.55. The van der Waals surface area contributed by atoms with Gasteiger partial charge in [0.1, 0.15) is 5.69 Å². The van der Waals surface area contributed by atoms with Crippen molar-refractivity contribution in [3.63, 3.8) is 0 Å². The maximum Gasteiger partial charge on any atom is 0.337 e. The predicted octanol–water partition coefficient (Wildman–Crippen LogP) is 3.14. The molecule has 5 nitrogen and oxygen atoms in total. The van der Waals surface area contributed by atoms with Crippen LogP contribution in [0.3, 0.4) is 0 Å². The Balaban J connectivity index is 2.16. The van der Waals surface area contributed by atoms with Gasteiger partial charge in [-0.1, -0.05) is 6.07 Å². The van der Waals surface area contributed by atoms with Crippen molar-refractivity contribution in [2.45, 2.75) is 26.2 Å². The zero-order valence-corrected chi connectivity index (χ0v) is 12.6. The number of nitrogens with zero attached hydrogens (tertiary/aromatic N) is 3. The number of pyridine rings is 2. The van der Waals surface area contributed by atoms with Gasteiger partial charge >= 0.3 is 5.97 Å². The van der Waals surface area contributed by atoms with Crippen LogP contribution < -0.4 is 4.90 Å². The van der Waals surface area contributed by atoms with Crippen LogP contribution in [0.25, 0.3) is 11.4 Å². The summed E-state index contributed by atoms with van der Waals surface area (Å²) in [5.41, 5.74) is 3.50. The quantitative estimate of drug-likeness (QED) is 0.942. The molecular weight excluding hydrogens is 278 g/mol. The van der Waals surface area contributed by atoms with Crippen molar-refractivity contribution in [2.75, 3.05) is 18.0 Å². The maximum absolute atomic E-state index is 11.4. The molecule has 2 aromatic rings. The minimum Gasteiger partial charge on any atom is -0.478 e. The molecule has 0 atom stereocenters. The molecule has 22 heavy (non-hydrogen) atoms. The summed E-state index contributed by atoms with van der Waals surface area (Å²) in [4.78, 5) is 22.5. The third-order valence-corrected chi connectivity index (χ3v) is 4.12. The molecule has 0 aliphatic carbocycles. The first kappa shape index (κ1) is 14.5. The van der Waals surface area contributed by atoms with Gasteiger partial charge in [-0.25, -0.2) is 4.79 Å². The number of rotatable bonds is 3. The van der Waals surface area contributed by atoms with Crippen LogP contribution in [0, 0.1) is 6.92 Å². The van der Waals surface area contributed by atoms with Gasteiger partial charge in [-0.3, -0.25) is 9.97 Å². The molecule has 0 bridgehead atoms. The molecule has 1 aliphatic rings. The fourth-order valence-corrected chi connectivity index (χ4v) is 3.00. The van der Waals surface area contributed by atoms with Gasteiger partial charge in [0.25, 0.3) is 0 Å². The molecule has 0 amide bonds. The van der Waals surface area contributed by atoms with Crippen LogP contribution >= 0.6 is 0 Å². The van der Waals surface area contributed by atoms with Gasteiger partial charge in [-0.05, 0) is 43.9 Å². The van der Waals surface area contributed by atoms with Crippen molar-refractivity contribution < 1.29 is 9.90 Å². The third-order valence-electron chi connectivity index (χ3n) is 4.12. The van der Waals surface area contributed by atoms with Gasteiger partial charge in [-0.2, -0.15) is 0 Å². The molecule has 0 saturated carbocycles. The number of aromatic nitrogens is 2. The fourth-order valence-electron chi connectivity index (χ4n) is 3.00. The monoisotopic (exact) mass is 297 g/mol. The van der Waals surface area contributed by atoms with Crippen LogP contribution in [-0.4, -0.2) is 34.1 Å². The zero-order valence-electron chi connectivity index (χ0n) is 12.6. The van der Waals surface area contributed by atoms with E-state index in [1.54, 1.807) is 6.20 Å². The Kier molecular flexibility index (Phi) is 4.04. The predicted molar refractivity (Wildman–Crippen MR) is 85.2 cm³/mol. The number of hydrogen-bond donors (Lipinski definition) is 1. The van der Waals surface area contributed by atoms with Gasteiger partial charge < -0.3 is 10.0 Å². The highest BCUT2D eigenvalue weighted by molar-refractivity contribution is 5.93. The van der Waals surface area contributed by atoms with E-state index in [-0.39, 0.29) is 5.56 Å². The number of carboxylic acids is 1. The minimum absolute atomic E-state index is 0.264. The smallest absolute Gasteiger partial charge is 0.337 e. The van der Waals surface area contributed by atoms with Crippen molar-refractivity contribution in [2.24, 2.45) is 0 Å². The fraction of sp³-hybridized carbons (Fsp3) is 0.353. The molecule has 0 spiro atoms. The van der Waals surface area contributed by atoms with Crippen molar-refractivity contribution in [1.29, 1.82) is 0 Å². The first-order valence-corrected chi connectivity index (χ1v) is 7.57. The molecule has 0 aromatic carbocycles. The summed E-state index contributed by atoms with van der Waals surface area (Å²) >= 11 is 0. The lowest BCUT2D eigenvalue weighted by Gasteiger charge is -2.31. The Morgan fingerprint density at radius 3 is 2.59 bits per heavy atom. The Morgan fingerprint density at radius 2 is 1.95 bits per heavy atom. The Bertz CT molecular complexity index is 680. The second kappa shape index (κ2) is 6.13. The van der Waals surface area contributed by atoms with E-state index in [9.17, 15) is 9.90 Å². The second-order valence-electron chi connectivity index (χ2n) is 5.56. The summed E-state index contributed by atoms with van der Waals surface area (Å²) in [6.07, 6.45) is 6.64. The lowest BCUT2D eigenvalue weighted by Crippen LogP contribution is -2.31. The van der Waals surface area contributed by atoms with Gasteiger partial charge in [0.2, 0.25) is 0 Å². The number of hydrogen-bond acceptors (Lipinski definition) is 4. The van der Waals surface area contributed by atoms with Crippen LogP contribution in [0.2, 0.25) is 0 Å². The molecule has 1 saturated heterocycles. The minimum atomic E-state index is -0.934. The third kappa shape index (κ3) is 2.66. The molecule has 3 heterocycles. The van der Waals surface area contributed by atoms with E-state index in [1.807, 2.05) is 25.1 Å². The summed E-state index contributed by atoms with van der Waals surface area (Å²) in [7, 11) is 0. The number of aromatic carboxylic acids is 1. The first-order chi connectivity index (χ1) is 10.7. The molecule has 5 heteroatoms. The van der Waals surface area contributed by atoms with Gasteiger partial charge in [0.05, 0.1) is 16.9 Å². The molecule has 3 rings (SSSR count). The van der Waals surface area contributed by atoms with E-state index in [2.05, 4.69) is 14.9 Å². The van der Waals surface area contributed by atoms with Crippen LogP contribution in [0.4, 0.5) is 5.69 Å². The standard InChI is InChI=1S/C17H19N3O2/c1-12-13(17(21)22)11-19-15(14-7-3-4-8-18-14)16(12)20-9-5-2-6-10-20/h3-4,7-8,11H,2,5-6,9-10H2,1H3,(H,21,22). The maximum atomic E-state index is 11.4. The topological polar surface area (TPSA) is 66.3 Å². The molecule has 114 valence electrons. The van der Waals surface area contributed by atoms with Crippen molar-refractivity contribution >= 4 is 11.7 Å². The number of carbonyl (C=O) groups is 1. The van der Waals surface area contributed by atoms with Crippen molar-refractivity contribution in [3.8, 4) is 11.4 Å². The zero-order chi connectivity index (χ0) is 15.5. The van der Waals surface area contributed by atoms with Crippen LogP contribution in [0.5, 0.6) is 0 Å². The van der Waals surface area contributed by atoms with Gasteiger partial charge in [0, 0.05) is 25.5 Å². The van der Waals surface area contributed by atoms with E-state index in [0.717, 1.165) is 48.6 Å². The highest BCUT2D eigenvalue weighted by atomic mass is 16.4. The molecule has 2 aromatic heterocycles. The van der Waals surface area contributed by atoms with Crippen molar-refractivity contribution in [3.05, 3.63) is 41.7 Å². The number of piperidine rings is 1. The number of carboxylic acid groups (broad SMARTS) is 1. The van der Waals surface area contributed by atoms with Crippen LogP contribution in [0.1, 0.15) is 35.2 Å². The van der Waals surface area contributed by atoms with Crippen molar-refractivity contribution in [1.82, 2.24) is 9.97 Å². The largest absolute Gasteiger partial charge is 0.478 e. The van der Waals surface area contributed by atoms with Crippen LogP contribution in [-0.2, 0) is 0 Å². The summed E-state index contributed by atoms with van der Waals surface area (Å²) in [5.74, 6) is -0.934. The lowest BCUT2D eigenvalue weighted by atomic mass is 10.0. The SMILES string of the molecule is Cc1c(C(=O)O)cnc(-c2ccccn2)c1N1CCCCC1. The molecular formula is C17H19N3O2. The van der Waals surface area contributed by atoms with E-state index in [1.165, 1.54) is 12.6 Å². The summed E-state index contributed by atoms with van der Waals surface area (Å²) in [6, 6.07) is 5.70. The Morgan fingerprint density at radius 1 is 1.18 bits per heavy atom. The number of anilines is 1. The normalized spacial score (nSPS) is 14.9. The van der Waals surface area contributed by atoms with E-state index in [4.69, 9.17) is 0 Å². The van der Waals surface area contributed by atoms with E-state index in [0.29, 0.717) is 0 Å². The first-order valence-electron chi connectivity index (χ1n) is 7.57. The highest BCUT2D eigenvalue weighted by Crippen LogP contribution is 2.34. The van der Waals surface area contributed by atoms with E-state index < -0.39 is 5.97 Å². The second-order valence-corrected chi connectivity index (χ2v) is 5.56. The lowest BCUT2D eigenvalue weighted by molar-refractivity contribution is 0.0695. The van der Waals surface area contributed by atoms with Gasteiger partial charge in [0.15, 0.2) is 0 Å². The molecule has 1 N–H and O–H groups in total. The van der Waals surface area contributed by atoms with E-state index >= 15 is 0 Å². The summed E-state index contributed by atoms with van der Waals surface area (Å²) in [5, 5.41) is 9.38. The summed E-state index contributed by atoms with van der Waals surface area (Å²) in [6.45, 7) is 3.73. The molecule has 1 aliphatic heterocycles. The van der Waals surface area contributed by atoms with Crippen LogP contribution in [0.15, 0.2) is 30.6 Å². The molecule has 1 fully saturated rings. The molecule has 0 radical (unpaired) electrons.